The third kappa shape index (κ3) is 4.37. The summed E-state index contributed by atoms with van der Waals surface area (Å²) in [5, 5.41) is 18.3. The van der Waals surface area contributed by atoms with Crippen molar-refractivity contribution in [1.82, 2.24) is 0 Å². The summed E-state index contributed by atoms with van der Waals surface area (Å²) in [5.41, 5.74) is 1.32. The van der Waals surface area contributed by atoms with Gasteiger partial charge in [-0.2, -0.15) is 0 Å². The van der Waals surface area contributed by atoms with Gasteiger partial charge in [-0.25, -0.2) is 0 Å². The Morgan fingerprint density at radius 1 is 1.06 bits per heavy atom. The first-order valence-corrected chi connectivity index (χ1v) is 8.82. The molecule has 0 aliphatic rings. The molecular weight excluding hydrogens is 248 g/mol. The van der Waals surface area contributed by atoms with Crippen LogP contribution in [0.1, 0.15) is 48.0 Å². The summed E-state index contributed by atoms with van der Waals surface area (Å²) in [5.74, 6) is -0.989. The minimum absolute atomic E-state index is 0.132. The van der Waals surface area contributed by atoms with Gasteiger partial charge < -0.3 is 14.6 Å². The Morgan fingerprint density at radius 2 is 1.44 bits per heavy atom. The molecule has 2 N–H and O–H groups in total. The summed E-state index contributed by atoms with van der Waals surface area (Å²) in [6.45, 7) is 13.1. The molecule has 0 aromatic rings. The molecule has 0 amide bonds. The molecule has 0 heterocycles. The van der Waals surface area contributed by atoms with Crippen molar-refractivity contribution in [1.29, 1.82) is 0 Å². The lowest BCUT2D eigenvalue weighted by atomic mass is 10.3. The maximum Gasteiger partial charge on any atom is 0.306 e. The van der Waals surface area contributed by atoms with Gasteiger partial charge >= 0.3 is 5.97 Å². The maximum atomic E-state index is 10.5. The smallest absolute Gasteiger partial charge is 0.306 e. The van der Waals surface area contributed by atoms with E-state index in [1.165, 1.54) is 0 Å². The zero-order valence-corrected chi connectivity index (χ0v) is 13.4. The molecule has 1 atom stereocenters. The molecule has 5 heteroatoms. The predicted octanol–water partition coefficient (Wildman–Crippen LogP) is 3.01. The molecule has 0 unspecified atom stereocenters. The Balaban J connectivity index is 4.75. The van der Waals surface area contributed by atoms with Gasteiger partial charge in [-0.1, -0.05) is 41.5 Å². The highest BCUT2D eigenvalue weighted by molar-refractivity contribution is 6.77. The van der Waals surface area contributed by atoms with Crippen LogP contribution in [0.4, 0.5) is 0 Å². The van der Waals surface area contributed by atoms with E-state index in [9.17, 15) is 9.90 Å². The van der Waals surface area contributed by atoms with E-state index in [0.29, 0.717) is 16.6 Å². The molecular formula is C13H28O4Si. The van der Waals surface area contributed by atoms with E-state index in [-0.39, 0.29) is 13.0 Å². The normalized spacial score (nSPS) is 14.6. The molecule has 0 bridgehead atoms. The van der Waals surface area contributed by atoms with Crippen molar-refractivity contribution in [3.63, 3.8) is 0 Å². The summed E-state index contributed by atoms with van der Waals surface area (Å²) in [7, 11) is -1.99. The van der Waals surface area contributed by atoms with Crippen molar-refractivity contribution in [2.24, 2.45) is 0 Å². The van der Waals surface area contributed by atoms with Crippen molar-refractivity contribution in [2.75, 3.05) is 6.61 Å². The number of rotatable bonds is 8. The molecule has 108 valence electrons. The monoisotopic (exact) mass is 276 g/mol. The van der Waals surface area contributed by atoms with Crippen LogP contribution in [0.5, 0.6) is 0 Å². The first-order chi connectivity index (χ1) is 8.14. The second-order valence-electron chi connectivity index (χ2n) is 5.88. The first kappa shape index (κ1) is 17.6. The second kappa shape index (κ2) is 7.26. The van der Waals surface area contributed by atoms with Gasteiger partial charge in [0.25, 0.3) is 0 Å². The molecule has 0 aromatic carbocycles. The minimum Gasteiger partial charge on any atom is -0.481 e. The lowest BCUT2D eigenvalue weighted by Crippen LogP contribution is -2.49. The van der Waals surface area contributed by atoms with Crippen LogP contribution in [0.15, 0.2) is 0 Å². The highest BCUT2D eigenvalue weighted by Gasteiger charge is 2.45. The number of aliphatic hydroxyl groups is 1. The molecule has 0 aliphatic carbocycles. The van der Waals surface area contributed by atoms with Gasteiger partial charge in [0.1, 0.15) is 0 Å². The first-order valence-electron chi connectivity index (χ1n) is 6.68. The van der Waals surface area contributed by atoms with Crippen molar-refractivity contribution in [2.45, 2.75) is 70.7 Å². The number of aliphatic carboxylic acids is 1. The van der Waals surface area contributed by atoms with E-state index in [1.54, 1.807) is 0 Å². The van der Waals surface area contributed by atoms with Gasteiger partial charge in [0.05, 0.1) is 19.1 Å². The molecule has 0 fully saturated rings. The summed E-state index contributed by atoms with van der Waals surface area (Å²) >= 11 is 0. The average molecular weight is 276 g/mol. The third-order valence-electron chi connectivity index (χ3n) is 3.64. The molecule has 0 rings (SSSR count). The number of hydrogen-bond acceptors (Lipinski definition) is 3. The van der Waals surface area contributed by atoms with E-state index >= 15 is 0 Å². The van der Waals surface area contributed by atoms with Crippen LogP contribution in [0, 0.1) is 0 Å². The third-order valence-corrected chi connectivity index (χ3v) is 9.72. The molecule has 0 saturated carbocycles. The van der Waals surface area contributed by atoms with Gasteiger partial charge in [0.15, 0.2) is 8.32 Å². The summed E-state index contributed by atoms with van der Waals surface area (Å²) in [6.07, 6.45) is -1.16. The second-order valence-corrected chi connectivity index (χ2v) is 11.3. The average Bonchev–Trinajstić information content (AvgIpc) is 2.15. The highest BCUT2D eigenvalue weighted by Crippen LogP contribution is 2.42. The number of carboxylic acids is 1. The van der Waals surface area contributed by atoms with Crippen LogP contribution in [0.3, 0.4) is 0 Å². The Hall–Kier alpha value is -0.393. The molecule has 0 radical (unpaired) electrons. The fraction of sp³-hybridized carbons (Fsp3) is 0.923. The Morgan fingerprint density at radius 3 is 1.72 bits per heavy atom. The lowest BCUT2D eigenvalue weighted by Gasteiger charge is -2.42. The number of aliphatic hydroxyl groups excluding tert-OH is 1. The Labute approximate surface area is 111 Å². The molecule has 18 heavy (non-hydrogen) atoms. The zero-order valence-electron chi connectivity index (χ0n) is 12.4. The molecule has 0 aromatic heterocycles. The zero-order chi connectivity index (χ0) is 14.5. The topological polar surface area (TPSA) is 66.8 Å². The van der Waals surface area contributed by atoms with Crippen LogP contribution >= 0.6 is 0 Å². The molecule has 0 saturated heterocycles. The number of carboxylic acid groups (broad SMARTS) is 1. The van der Waals surface area contributed by atoms with E-state index in [1.807, 2.05) is 0 Å². The van der Waals surface area contributed by atoms with E-state index in [0.717, 1.165) is 0 Å². The van der Waals surface area contributed by atoms with Crippen LogP contribution < -0.4 is 0 Å². The standard InChI is InChI=1S/C13H28O4Si/c1-9(2)18(10(3)4,11(5)6)17-8-12(14)7-13(15)16/h9-12,14H,7-8H2,1-6H3,(H,15,16)/t12-/m0/s1. The summed E-state index contributed by atoms with van der Waals surface area (Å²) in [6, 6.07) is 0. The van der Waals surface area contributed by atoms with E-state index in [2.05, 4.69) is 41.5 Å². The van der Waals surface area contributed by atoms with Crippen molar-refractivity contribution in [3.05, 3.63) is 0 Å². The molecule has 4 nitrogen and oxygen atoms in total. The number of carbonyl (C=O) groups is 1. The Bertz CT molecular complexity index is 242. The largest absolute Gasteiger partial charge is 0.481 e. The maximum absolute atomic E-state index is 10.5. The van der Waals surface area contributed by atoms with E-state index in [4.69, 9.17) is 9.53 Å². The van der Waals surface area contributed by atoms with Crippen LogP contribution in [0.25, 0.3) is 0 Å². The number of hydrogen-bond donors (Lipinski definition) is 2. The fourth-order valence-corrected chi connectivity index (χ4v) is 8.48. The van der Waals surface area contributed by atoms with Gasteiger partial charge in [-0.3, -0.25) is 4.79 Å². The Kier molecular flexibility index (Phi) is 7.10. The molecule has 0 spiro atoms. The van der Waals surface area contributed by atoms with Crippen molar-refractivity contribution < 1.29 is 19.4 Å². The van der Waals surface area contributed by atoms with Crippen LogP contribution in [-0.4, -0.2) is 37.2 Å². The van der Waals surface area contributed by atoms with Gasteiger partial charge in [-0.15, -0.1) is 0 Å². The predicted molar refractivity (Wildman–Crippen MR) is 75.3 cm³/mol. The molecule has 0 aliphatic heterocycles. The van der Waals surface area contributed by atoms with Crippen LogP contribution in [-0.2, 0) is 9.22 Å². The summed E-state index contributed by atoms with van der Waals surface area (Å²) < 4.78 is 6.10. The van der Waals surface area contributed by atoms with E-state index < -0.39 is 20.4 Å². The van der Waals surface area contributed by atoms with Gasteiger partial charge in [0, 0.05) is 0 Å². The van der Waals surface area contributed by atoms with Crippen molar-refractivity contribution in [3.8, 4) is 0 Å². The quantitative estimate of drug-likeness (QED) is 0.669. The van der Waals surface area contributed by atoms with Gasteiger partial charge in [0.2, 0.25) is 0 Å². The summed E-state index contributed by atoms with van der Waals surface area (Å²) in [4.78, 5) is 10.5. The van der Waals surface area contributed by atoms with Crippen molar-refractivity contribution >= 4 is 14.3 Å². The SMILES string of the molecule is CC(C)[Si](OC[C@@H](O)CC(=O)O)(C(C)C)C(C)C. The van der Waals surface area contributed by atoms with Gasteiger partial charge in [-0.05, 0) is 16.6 Å². The van der Waals surface area contributed by atoms with Crippen LogP contribution in [0.2, 0.25) is 16.6 Å². The minimum atomic E-state index is -1.99. The lowest BCUT2D eigenvalue weighted by molar-refractivity contribution is -0.139. The fourth-order valence-electron chi connectivity index (χ4n) is 3.00. The highest BCUT2D eigenvalue weighted by atomic mass is 28.4.